The normalized spacial score (nSPS) is 10.2. The average Bonchev–Trinajstić information content (AvgIpc) is 2.60. The van der Waals surface area contributed by atoms with Crippen molar-refractivity contribution in [2.45, 2.75) is 13.8 Å². The number of hydrogen-bond donors (Lipinski definition) is 0. The van der Waals surface area contributed by atoms with Gasteiger partial charge in [-0.3, -0.25) is 0 Å². The summed E-state index contributed by atoms with van der Waals surface area (Å²) in [5, 5.41) is 8.87. The summed E-state index contributed by atoms with van der Waals surface area (Å²) >= 11 is 3.43. The van der Waals surface area contributed by atoms with E-state index in [0.717, 1.165) is 21.3 Å². The van der Waals surface area contributed by atoms with Gasteiger partial charge in [0.1, 0.15) is 5.75 Å². The summed E-state index contributed by atoms with van der Waals surface area (Å²) in [6.07, 6.45) is 0. The van der Waals surface area contributed by atoms with Crippen LogP contribution in [0.3, 0.4) is 0 Å². The number of nitrogens with zero attached hydrogens (tertiary/aromatic N) is 3. The highest BCUT2D eigenvalue weighted by Gasteiger charge is 2.12. The summed E-state index contributed by atoms with van der Waals surface area (Å²) < 4.78 is 6.91. The third-order valence-corrected chi connectivity index (χ3v) is 4.17. The van der Waals surface area contributed by atoms with Crippen LogP contribution in [-0.4, -0.2) is 9.97 Å². The maximum Gasteiger partial charge on any atom is 0.226 e. The van der Waals surface area contributed by atoms with Crippen molar-refractivity contribution in [2.75, 3.05) is 0 Å². The number of ether oxygens (including phenoxy) is 1. The molecule has 4 nitrogen and oxygen atoms in total. The fraction of sp³-hybridized carbons (Fsp3) is 0.105. The Morgan fingerprint density at radius 3 is 2.25 bits per heavy atom. The minimum atomic E-state index is 0.519. The van der Waals surface area contributed by atoms with E-state index in [1.807, 2.05) is 38.1 Å². The van der Waals surface area contributed by atoms with Crippen LogP contribution in [-0.2, 0) is 0 Å². The Bertz CT molecular complexity index is 913. The summed E-state index contributed by atoms with van der Waals surface area (Å²) in [6.45, 7) is 3.87. The first-order valence-corrected chi connectivity index (χ1v) is 8.15. The Balaban J connectivity index is 1.97. The van der Waals surface area contributed by atoms with Crippen molar-refractivity contribution in [1.82, 2.24) is 9.97 Å². The van der Waals surface area contributed by atoms with E-state index in [-0.39, 0.29) is 0 Å². The minimum absolute atomic E-state index is 0.519. The van der Waals surface area contributed by atoms with Gasteiger partial charge in [-0.05, 0) is 50.2 Å². The summed E-state index contributed by atoms with van der Waals surface area (Å²) in [7, 11) is 0. The van der Waals surface area contributed by atoms with Crippen molar-refractivity contribution in [2.24, 2.45) is 0 Å². The molecule has 118 valence electrons. The van der Waals surface area contributed by atoms with E-state index >= 15 is 0 Å². The van der Waals surface area contributed by atoms with Gasteiger partial charge in [-0.2, -0.15) is 10.2 Å². The lowest BCUT2D eigenvalue weighted by atomic mass is 10.2. The van der Waals surface area contributed by atoms with Gasteiger partial charge in [0.25, 0.3) is 0 Å². The Kier molecular flexibility index (Phi) is 4.59. The average molecular weight is 380 g/mol. The number of rotatable bonds is 3. The molecule has 0 saturated carbocycles. The lowest BCUT2D eigenvalue weighted by Gasteiger charge is -2.11. The van der Waals surface area contributed by atoms with Crippen molar-refractivity contribution in [3.8, 4) is 29.1 Å². The molecule has 0 unspecified atom stereocenters. The smallest absolute Gasteiger partial charge is 0.226 e. The third-order valence-electron chi connectivity index (χ3n) is 3.64. The van der Waals surface area contributed by atoms with Gasteiger partial charge in [0, 0.05) is 21.3 Å². The molecule has 3 rings (SSSR count). The molecular formula is C19H14BrN3O. The van der Waals surface area contributed by atoms with E-state index in [2.05, 4.69) is 32.0 Å². The van der Waals surface area contributed by atoms with Crippen LogP contribution in [0.4, 0.5) is 0 Å². The van der Waals surface area contributed by atoms with Gasteiger partial charge in [0.05, 0.1) is 11.6 Å². The monoisotopic (exact) mass is 379 g/mol. The SMILES string of the molecule is Cc1nc(-c2ccc(Br)cc2)nc(Oc2ccc(C#N)cc2)c1C. The van der Waals surface area contributed by atoms with Gasteiger partial charge >= 0.3 is 0 Å². The third kappa shape index (κ3) is 3.44. The molecule has 0 amide bonds. The van der Waals surface area contributed by atoms with E-state index in [4.69, 9.17) is 10.00 Å². The number of benzene rings is 2. The molecule has 0 fully saturated rings. The zero-order chi connectivity index (χ0) is 17.1. The molecule has 3 aromatic rings. The van der Waals surface area contributed by atoms with Gasteiger partial charge < -0.3 is 4.74 Å². The molecule has 24 heavy (non-hydrogen) atoms. The highest BCUT2D eigenvalue weighted by atomic mass is 79.9. The summed E-state index contributed by atoms with van der Waals surface area (Å²) in [4.78, 5) is 9.11. The van der Waals surface area contributed by atoms with Gasteiger partial charge in [-0.25, -0.2) is 4.98 Å². The van der Waals surface area contributed by atoms with Gasteiger partial charge in [0.2, 0.25) is 5.88 Å². The zero-order valence-corrected chi connectivity index (χ0v) is 14.8. The van der Waals surface area contributed by atoms with Crippen LogP contribution in [0.1, 0.15) is 16.8 Å². The van der Waals surface area contributed by atoms with E-state index in [9.17, 15) is 0 Å². The number of aryl methyl sites for hydroxylation is 1. The van der Waals surface area contributed by atoms with Crippen LogP contribution in [0.5, 0.6) is 11.6 Å². The Morgan fingerprint density at radius 2 is 1.62 bits per heavy atom. The summed E-state index contributed by atoms with van der Waals surface area (Å²) in [5.74, 6) is 1.77. The van der Waals surface area contributed by atoms with E-state index < -0.39 is 0 Å². The van der Waals surface area contributed by atoms with Crippen LogP contribution in [0, 0.1) is 25.2 Å². The molecule has 1 heterocycles. The second-order valence-corrected chi connectivity index (χ2v) is 6.22. The van der Waals surface area contributed by atoms with E-state index in [0.29, 0.717) is 23.0 Å². The molecule has 0 saturated heterocycles. The second kappa shape index (κ2) is 6.81. The highest BCUT2D eigenvalue weighted by molar-refractivity contribution is 9.10. The molecule has 2 aromatic carbocycles. The first-order chi connectivity index (χ1) is 11.6. The number of halogens is 1. The van der Waals surface area contributed by atoms with E-state index in [1.54, 1.807) is 24.3 Å². The quantitative estimate of drug-likeness (QED) is 0.628. The Labute approximate surface area is 148 Å². The van der Waals surface area contributed by atoms with Crippen molar-refractivity contribution < 1.29 is 4.74 Å². The van der Waals surface area contributed by atoms with Crippen molar-refractivity contribution in [3.05, 3.63) is 69.8 Å². The summed E-state index contributed by atoms with van der Waals surface area (Å²) in [5.41, 5.74) is 3.27. The predicted molar refractivity (Wildman–Crippen MR) is 95.9 cm³/mol. The van der Waals surface area contributed by atoms with Gasteiger partial charge in [-0.1, -0.05) is 28.1 Å². The topological polar surface area (TPSA) is 58.8 Å². The highest BCUT2D eigenvalue weighted by Crippen LogP contribution is 2.28. The predicted octanol–water partition coefficient (Wildman–Crippen LogP) is 5.19. The molecule has 0 N–H and O–H groups in total. The first-order valence-electron chi connectivity index (χ1n) is 7.36. The molecular weight excluding hydrogens is 366 g/mol. The zero-order valence-electron chi connectivity index (χ0n) is 13.2. The molecule has 0 aliphatic heterocycles. The van der Waals surface area contributed by atoms with E-state index in [1.165, 1.54) is 0 Å². The van der Waals surface area contributed by atoms with Gasteiger partial charge in [0.15, 0.2) is 5.82 Å². The molecule has 0 aliphatic rings. The lowest BCUT2D eigenvalue weighted by Crippen LogP contribution is -2.00. The van der Waals surface area contributed by atoms with Crippen LogP contribution >= 0.6 is 15.9 Å². The first kappa shape index (κ1) is 16.2. The van der Waals surface area contributed by atoms with Gasteiger partial charge in [-0.15, -0.1) is 0 Å². The maximum absolute atomic E-state index is 8.87. The molecule has 0 spiro atoms. The Morgan fingerprint density at radius 1 is 0.958 bits per heavy atom. The summed E-state index contributed by atoms with van der Waals surface area (Å²) in [6, 6.07) is 16.9. The fourth-order valence-corrected chi connectivity index (χ4v) is 2.40. The largest absolute Gasteiger partial charge is 0.439 e. The molecule has 0 aliphatic carbocycles. The molecule has 1 aromatic heterocycles. The Hall–Kier alpha value is -2.71. The lowest BCUT2D eigenvalue weighted by molar-refractivity contribution is 0.457. The van der Waals surface area contributed by atoms with Crippen LogP contribution in [0.2, 0.25) is 0 Å². The van der Waals surface area contributed by atoms with Crippen LogP contribution in [0.25, 0.3) is 11.4 Å². The van der Waals surface area contributed by atoms with Crippen molar-refractivity contribution in [3.63, 3.8) is 0 Å². The molecule has 0 bridgehead atoms. The van der Waals surface area contributed by atoms with Crippen molar-refractivity contribution in [1.29, 1.82) is 5.26 Å². The number of nitriles is 1. The minimum Gasteiger partial charge on any atom is -0.439 e. The van der Waals surface area contributed by atoms with Crippen LogP contribution < -0.4 is 4.74 Å². The van der Waals surface area contributed by atoms with Crippen LogP contribution in [0.15, 0.2) is 53.0 Å². The number of aromatic nitrogens is 2. The standard InChI is InChI=1S/C19H14BrN3O/c1-12-13(2)22-18(15-5-7-16(20)8-6-15)23-19(12)24-17-9-3-14(11-21)4-10-17/h3-10H,1-2H3. The second-order valence-electron chi connectivity index (χ2n) is 5.31. The number of hydrogen-bond acceptors (Lipinski definition) is 4. The molecule has 0 radical (unpaired) electrons. The molecule has 5 heteroatoms. The maximum atomic E-state index is 8.87. The fourth-order valence-electron chi connectivity index (χ4n) is 2.14. The van der Waals surface area contributed by atoms with Crippen molar-refractivity contribution >= 4 is 15.9 Å². The molecule has 0 atom stereocenters.